The van der Waals surface area contributed by atoms with Crippen molar-refractivity contribution in [2.24, 2.45) is 0 Å². The molecule has 156 valence electrons. The Balaban J connectivity index is 1.66. The second kappa shape index (κ2) is 8.37. The summed E-state index contributed by atoms with van der Waals surface area (Å²) >= 11 is 0. The minimum Gasteiger partial charge on any atom is -0.495 e. The second-order valence-corrected chi connectivity index (χ2v) is 8.72. The fourth-order valence-electron chi connectivity index (χ4n) is 3.58. The van der Waals surface area contributed by atoms with Gasteiger partial charge in [-0.05, 0) is 55.3 Å². The van der Waals surface area contributed by atoms with Gasteiger partial charge in [0.05, 0.1) is 18.8 Å². The third-order valence-corrected chi connectivity index (χ3v) is 6.88. The van der Waals surface area contributed by atoms with E-state index in [4.69, 9.17) is 4.74 Å². The van der Waals surface area contributed by atoms with Crippen LogP contribution in [0.25, 0.3) is 0 Å². The molecule has 7 nitrogen and oxygen atoms in total. The zero-order valence-electron chi connectivity index (χ0n) is 16.3. The van der Waals surface area contributed by atoms with Crippen LogP contribution in [0.4, 0.5) is 16.0 Å². The number of aromatic nitrogens is 2. The summed E-state index contributed by atoms with van der Waals surface area (Å²) in [4.78, 5) is 8.64. The predicted molar refractivity (Wildman–Crippen MR) is 111 cm³/mol. The van der Waals surface area contributed by atoms with Crippen LogP contribution < -0.4 is 10.1 Å². The van der Waals surface area contributed by atoms with Gasteiger partial charge >= 0.3 is 0 Å². The molecule has 0 bridgehead atoms. The number of rotatable bonds is 6. The third kappa shape index (κ3) is 3.99. The van der Waals surface area contributed by atoms with E-state index >= 15 is 0 Å². The number of methoxy groups -OCH3 is 1. The molecule has 1 aliphatic heterocycles. The number of hydrogen-bond acceptors (Lipinski definition) is 6. The zero-order valence-corrected chi connectivity index (χ0v) is 17.1. The van der Waals surface area contributed by atoms with E-state index in [0.29, 0.717) is 36.7 Å². The number of anilines is 2. The first-order valence-electron chi connectivity index (χ1n) is 9.49. The lowest BCUT2D eigenvalue weighted by Gasteiger charge is -2.25. The van der Waals surface area contributed by atoms with Crippen LogP contribution in [0.3, 0.4) is 0 Å². The summed E-state index contributed by atoms with van der Waals surface area (Å²) in [5.41, 5.74) is 0.618. The number of sulfonamides is 1. The van der Waals surface area contributed by atoms with Crippen LogP contribution >= 0.6 is 0 Å². The molecule has 0 amide bonds. The van der Waals surface area contributed by atoms with Gasteiger partial charge in [-0.1, -0.05) is 12.1 Å². The molecule has 1 aliphatic rings. The summed E-state index contributed by atoms with van der Waals surface area (Å²) in [5, 5.41) is 3.12. The van der Waals surface area contributed by atoms with Crippen LogP contribution in [0, 0.1) is 5.82 Å². The molecule has 9 heteroatoms. The van der Waals surface area contributed by atoms with Crippen LogP contribution in [-0.4, -0.2) is 36.3 Å². The number of benzene rings is 1. The van der Waals surface area contributed by atoms with E-state index in [1.165, 1.54) is 23.5 Å². The van der Waals surface area contributed by atoms with Gasteiger partial charge in [-0.15, -0.1) is 0 Å². The number of halogens is 1. The monoisotopic (exact) mass is 428 g/mol. The average Bonchev–Trinajstić information content (AvgIpc) is 3.26. The van der Waals surface area contributed by atoms with Crippen molar-refractivity contribution < 1.29 is 17.5 Å². The topological polar surface area (TPSA) is 84.4 Å². The first-order chi connectivity index (χ1) is 14.5. The Morgan fingerprint density at radius 2 is 1.97 bits per heavy atom. The van der Waals surface area contributed by atoms with Crippen LogP contribution in [-0.2, 0) is 10.0 Å². The molecular formula is C21H21FN4O3S. The van der Waals surface area contributed by atoms with Gasteiger partial charge in [0.1, 0.15) is 28.1 Å². The molecule has 30 heavy (non-hydrogen) atoms. The maximum Gasteiger partial charge on any atom is 0.247 e. The van der Waals surface area contributed by atoms with Gasteiger partial charge < -0.3 is 10.1 Å². The number of pyridine rings is 2. The molecule has 0 aliphatic carbocycles. The molecule has 1 saturated heterocycles. The predicted octanol–water partition coefficient (Wildman–Crippen LogP) is 3.89. The fourth-order valence-corrected chi connectivity index (χ4v) is 5.41. The van der Waals surface area contributed by atoms with Crippen LogP contribution in [0.5, 0.6) is 5.75 Å². The smallest absolute Gasteiger partial charge is 0.247 e. The molecule has 0 unspecified atom stereocenters. The number of ether oxygens (including phenoxy) is 1. The Hall–Kier alpha value is -3.04. The fraction of sp³-hybridized carbons (Fsp3) is 0.238. The van der Waals surface area contributed by atoms with E-state index in [0.717, 1.165) is 6.07 Å². The Morgan fingerprint density at radius 1 is 1.13 bits per heavy atom. The van der Waals surface area contributed by atoms with Gasteiger partial charge in [0.25, 0.3) is 0 Å². The summed E-state index contributed by atoms with van der Waals surface area (Å²) in [6.45, 7) is 0.326. The Bertz CT molecular complexity index is 1140. The number of nitrogens with zero attached hydrogens (tertiary/aromatic N) is 3. The Morgan fingerprint density at radius 3 is 2.73 bits per heavy atom. The quantitative estimate of drug-likeness (QED) is 0.641. The summed E-state index contributed by atoms with van der Waals surface area (Å²) in [5.74, 6) is 0.687. The highest BCUT2D eigenvalue weighted by Crippen LogP contribution is 2.38. The van der Waals surface area contributed by atoms with Crippen molar-refractivity contribution in [2.75, 3.05) is 19.0 Å². The van der Waals surface area contributed by atoms with Crippen molar-refractivity contribution in [3.05, 3.63) is 72.3 Å². The first-order valence-corrected chi connectivity index (χ1v) is 10.9. The van der Waals surface area contributed by atoms with Crippen LogP contribution in [0.2, 0.25) is 0 Å². The van der Waals surface area contributed by atoms with E-state index in [1.807, 2.05) is 24.3 Å². The molecule has 3 aromatic rings. The second-order valence-electron chi connectivity index (χ2n) is 6.86. The zero-order chi connectivity index (χ0) is 21.1. The number of hydrogen-bond donors (Lipinski definition) is 1. The molecule has 0 spiro atoms. The summed E-state index contributed by atoms with van der Waals surface area (Å²) in [6.07, 6.45) is 2.97. The molecule has 0 radical (unpaired) electrons. The standard InChI is InChI=1S/C21H21FN4O3S/c1-29-18-11-10-15(22)14-19(18)30(27,28)26-13-5-7-17(26)16-6-4-9-21(24-16)25-20-8-2-3-12-23-20/h2-4,6,8-12,14,17H,5,7,13H2,1H3,(H,23,24,25)/t17-/m0/s1. The molecule has 1 N–H and O–H groups in total. The molecule has 3 heterocycles. The van der Waals surface area contributed by atoms with Gasteiger partial charge in [-0.25, -0.2) is 22.8 Å². The molecule has 4 rings (SSSR count). The van der Waals surface area contributed by atoms with E-state index < -0.39 is 21.9 Å². The van der Waals surface area contributed by atoms with Crippen LogP contribution in [0.15, 0.2) is 65.7 Å². The highest BCUT2D eigenvalue weighted by molar-refractivity contribution is 7.89. The van der Waals surface area contributed by atoms with Crippen molar-refractivity contribution in [1.29, 1.82) is 0 Å². The molecule has 1 fully saturated rings. The summed E-state index contributed by atoms with van der Waals surface area (Å²) < 4.78 is 47.1. The number of nitrogens with one attached hydrogen (secondary N) is 1. The third-order valence-electron chi connectivity index (χ3n) is 4.95. The lowest BCUT2D eigenvalue weighted by atomic mass is 10.1. The minimum atomic E-state index is -3.98. The molecular weight excluding hydrogens is 407 g/mol. The van der Waals surface area contributed by atoms with Gasteiger partial charge in [0.2, 0.25) is 10.0 Å². The molecule has 0 saturated carbocycles. The maximum absolute atomic E-state index is 13.8. The van der Waals surface area contributed by atoms with Crippen LogP contribution in [0.1, 0.15) is 24.6 Å². The summed E-state index contributed by atoms with van der Waals surface area (Å²) in [7, 11) is -2.61. The largest absolute Gasteiger partial charge is 0.495 e. The molecule has 2 aromatic heterocycles. The Kier molecular flexibility index (Phi) is 5.65. The Labute approximate surface area is 174 Å². The van der Waals surface area contributed by atoms with Gasteiger partial charge in [0.15, 0.2) is 0 Å². The van der Waals surface area contributed by atoms with E-state index in [1.54, 1.807) is 18.3 Å². The van der Waals surface area contributed by atoms with Gasteiger partial charge in [-0.2, -0.15) is 4.31 Å². The van der Waals surface area contributed by atoms with Crippen molar-refractivity contribution >= 4 is 21.7 Å². The van der Waals surface area contributed by atoms with Gasteiger partial charge in [0, 0.05) is 12.7 Å². The van der Waals surface area contributed by atoms with Gasteiger partial charge in [-0.3, -0.25) is 0 Å². The maximum atomic E-state index is 13.8. The molecule has 1 atom stereocenters. The molecule has 1 aromatic carbocycles. The van der Waals surface area contributed by atoms with Crippen molar-refractivity contribution in [3.8, 4) is 5.75 Å². The van der Waals surface area contributed by atoms with E-state index in [-0.39, 0.29) is 10.6 Å². The lowest BCUT2D eigenvalue weighted by Crippen LogP contribution is -2.31. The van der Waals surface area contributed by atoms with Crippen molar-refractivity contribution in [2.45, 2.75) is 23.8 Å². The van der Waals surface area contributed by atoms with E-state index in [9.17, 15) is 12.8 Å². The normalized spacial score (nSPS) is 17.1. The minimum absolute atomic E-state index is 0.112. The summed E-state index contributed by atoms with van der Waals surface area (Å²) in [6, 6.07) is 13.9. The first kappa shape index (κ1) is 20.2. The SMILES string of the molecule is COc1ccc(F)cc1S(=O)(=O)N1CCC[C@H]1c1cccc(Nc2ccccn2)n1. The van der Waals surface area contributed by atoms with Crippen molar-refractivity contribution in [1.82, 2.24) is 14.3 Å². The lowest BCUT2D eigenvalue weighted by molar-refractivity contribution is 0.376. The van der Waals surface area contributed by atoms with E-state index in [2.05, 4.69) is 15.3 Å². The highest BCUT2D eigenvalue weighted by atomic mass is 32.2. The highest BCUT2D eigenvalue weighted by Gasteiger charge is 2.38. The van der Waals surface area contributed by atoms with Crippen molar-refractivity contribution in [3.63, 3.8) is 0 Å². The average molecular weight is 428 g/mol.